The summed E-state index contributed by atoms with van der Waals surface area (Å²) in [5.41, 5.74) is 2.05. The number of carbonyl (C=O) groups is 2. The van der Waals surface area contributed by atoms with Crippen molar-refractivity contribution in [2.24, 2.45) is 0 Å². The van der Waals surface area contributed by atoms with Crippen molar-refractivity contribution in [2.45, 2.75) is 13.0 Å². The fourth-order valence-corrected chi connectivity index (χ4v) is 4.86. The van der Waals surface area contributed by atoms with Crippen LogP contribution in [0.25, 0.3) is 11.3 Å². The second-order valence-corrected chi connectivity index (χ2v) is 9.67. The van der Waals surface area contributed by atoms with Gasteiger partial charge in [-0.05, 0) is 55.0 Å². The number of ether oxygens (including phenoxy) is 2. The molecule has 10 nitrogen and oxygen atoms in total. The van der Waals surface area contributed by atoms with E-state index in [-0.39, 0.29) is 24.9 Å². The van der Waals surface area contributed by atoms with Gasteiger partial charge in [-0.25, -0.2) is 0 Å². The molecule has 0 atom stereocenters. The Labute approximate surface area is 239 Å². The monoisotopic (exact) mass is 555 g/mol. The molecule has 0 bridgehead atoms. The molecule has 0 unspecified atom stereocenters. The van der Waals surface area contributed by atoms with Crippen LogP contribution in [0.1, 0.15) is 22.5 Å². The Morgan fingerprint density at radius 2 is 1.76 bits per heavy atom. The lowest BCUT2D eigenvalue weighted by atomic mass is 10.1. The molecule has 2 aromatic carbocycles. The van der Waals surface area contributed by atoms with Crippen LogP contribution in [0.2, 0.25) is 0 Å². The van der Waals surface area contributed by atoms with Gasteiger partial charge in [-0.2, -0.15) is 0 Å². The average Bonchev–Trinajstić information content (AvgIpc) is 3.41. The third kappa shape index (κ3) is 6.66. The first-order chi connectivity index (χ1) is 20.1. The lowest BCUT2D eigenvalue weighted by molar-refractivity contribution is -0.131. The van der Waals surface area contributed by atoms with Gasteiger partial charge < -0.3 is 28.6 Å². The molecule has 41 heavy (non-hydrogen) atoms. The van der Waals surface area contributed by atoms with Crippen LogP contribution in [-0.2, 0) is 11.3 Å². The molecule has 0 aliphatic carbocycles. The van der Waals surface area contributed by atoms with Crippen molar-refractivity contribution in [3.8, 4) is 22.8 Å². The fraction of sp³-hybridized carbons (Fsp3) is 0.290. The van der Waals surface area contributed by atoms with E-state index in [0.717, 1.165) is 24.3 Å². The lowest BCUT2D eigenvalue weighted by Crippen LogP contribution is -2.44. The highest BCUT2D eigenvalue weighted by atomic mass is 16.5. The van der Waals surface area contributed by atoms with Gasteiger partial charge in [-0.1, -0.05) is 18.2 Å². The van der Waals surface area contributed by atoms with Crippen molar-refractivity contribution in [1.82, 2.24) is 20.0 Å². The summed E-state index contributed by atoms with van der Waals surface area (Å²) in [6.07, 6.45) is 2.33. The van der Waals surface area contributed by atoms with Crippen molar-refractivity contribution in [3.63, 3.8) is 0 Å². The Morgan fingerprint density at radius 3 is 2.46 bits per heavy atom. The van der Waals surface area contributed by atoms with Crippen LogP contribution in [0.4, 0.5) is 5.82 Å². The van der Waals surface area contributed by atoms with Crippen molar-refractivity contribution in [2.75, 3.05) is 51.8 Å². The number of anilines is 1. The number of hydrogen-bond acceptors (Lipinski definition) is 8. The van der Waals surface area contributed by atoms with Gasteiger partial charge in [-0.3, -0.25) is 9.59 Å². The zero-order valence-corrected chi connectivity index (χ0v) is 23.2. The van der Waals surface area contributed by atoms with Gasteiger partial charge in [0.25, 0.3) is 5.91 Å². The van der Waals surface area contributed by atoms with E-state index in [1.54, 1.807) is 44.7 Å². The van der Waals surface area contributed by atoms with E-state index in [1.165, 1.54) is 4.90 Å². The molecule has 0 radical (unpaired) electrons. The lowest BCUT2D eigenvalue weighted by Gasteiger charge is -2.26. The largest absolute Gasteiger partial charge is 0.497 e. The molecule has 10 heteroatoms. The predicted molar refractivity (Wildman–Crippen MR) is 154 cm³/mol. The van der Waals surface area contributed by atoms with Gasteiger partial charge in [0.05, 0.1) is 32.7 Å². The second kappa shape index (κ2) is 13.0. The molecule has 1 aliphatic rings. The summed E-state index contributed by atoms with van der Waals surface area (Å²) in [6, 6.07) is 22.0. The van der Waals surface area contributed by atoms with E-state index in [0.29, 0.717) is 48.2 Å². The molecular formula is C31H33N5O5. The Morgan fingerprint density at radius 1 is 0.902 bits per heavy atom. The standard InChI is InChI=1S/C31H33N5O5/c1-39-24-11-12-26(28(20-24)40-2)27-13-14-29(33-32-27)34-15-7-16-35(18-17-34)30(37)22-36(21-25-10-6-19-41-25)31(38)23-8-4-3-5-9-23/h3-6,8-14,19-20H,7,15-18,21-22H2,1-2H3. The van der Waals surface area contributed by atoms with Crippen molar-refractivity contribution in [3.05, 3.63) is 90.4 Å². The molecule has 1 aliphatic heterocycles. The summed E-state index contributed by atoms with van der Waals surface area (Å²) in [5.74, 6) is 2.41. The highest BCUT2D eigenvalue weighted by Gasteiger charge is 2.25. The number of aromatic nitrogens is 2. The summed E-state index contributed by atoms with van der Waals surface area (Å²) < 4.78 is 16.3. The highest BCUT2D eigenvalue weighted by molar-refractivity contribution is 5.96. The topological polar surface area (TPSA) is 101 Å². The molecule has 0 spiro atoms. The van der Waals surface area contributed by atoms with Crippen LogP contribution in [-0.4, -0.2) is 78.8 Å². The van der Waals surface area contributed by atoms with E-state index in [4.69, 9.17) is 13.9 Å². The van der Waals surface area contributed by atoms with Gasteiger partial charge in [-0.15, -0.1) is 10.2 Å². The molecular weight excluding hydrogens is 522 g/mol. The molecule has 5 rings (SSSR count). The number of carbonyl (C=O) groups excluding carboxylic acids is 2. The Bertz CT molecular complexity index is 1440. The first kappa shape index (κ1) is 27.7. The van der Waals surface area contributed by atoms with Gasteiger partial charge in [0.2, 0.25) is 5.91 Å². The fourth-order valence-electron chi connectivity index (χ4n) is 4.86. The molecule has 1 fully saturated rings. The van der Waals surface area contributed by atoms with Crippen LogP contribution < -0.4 is 14.4 Å². The van der Waals surface area contributed by atoms with E-state index in [2.05, 4.69) is 15.1 Å². The van der Waals surface area contributed by atoms with Crippen LogP contribution >= 0.6 is 0 Å². The zero-order chi connectivity index (χ0) is 28.6. The number of amides is 2. The van der Waals surface area contributed by atoms with Gasteiger partial charge in [0.1, 0.15) is 23.8 Å². The Kier molecular flexibility index (Phi) is 8.78. The highest BCUT2D eigenvalue weighted by Crippen LogP contribution is 2.32. The number of methoxy groups -OCH3 is 2. The van der Waals surface area contributed by atoms with Gasteiger partial charge in [0.15, 0.2) is 5.82 Å². The minimum atomic E-state index is -0.212. The maximum Gasteiger partial charge on any atom is 0.254 e. The molecule has 2 amide bonds. The van der Waals surface area contributed by atoms with E-state index in [9.17, 15) is 9.59 Å². The van der Waals surface area contributed by atoms with Crippen molar-refractivity contribution in [1.29, 1.82) is 0 Å². The van der Waals surface area contributed by atoms with E-state index in [1.807, 2.05) is 53.4 Å². The molecule has 1 saturated heterocycles. The second-order valence-electron chi connectivity index (χ2n) is 9.67. The maximum absolute atomic E-state index is 13.4. The molecule has 212 valence electrons. The average molecular weight is 556 g/mol. The minimum absolute atomic E-state index is 0.0351. The number of rotatable bonds is 9. The van der Waals surface area contributed by atoms with Crippen molar-refractivity contribution < 1.29 is 23.5 Å². The van der Waals surface area contributed by atoms with Crippen molar-refractivity contribution >= 4 is 17.6 Å². The smallest absolute Gasteiger partial charge is 0.254 e. The molecule has 0 N–H and O–H groups in total. The van der Waals surface area contributed by atoms with Crippen LogP contribution in [0.15, 0.2) is 83.5 Å². The first-order valence-electron chi connectivity index (χ1n) is 13.5. The number of nitrogens with zero attached hydrogens (tertiary/aromatic N) is 5. The minimum Gasteiger partial charge on any atom is -0.497 e. The molecule has 3 heterocycles. The number of hydrogen-bond donors (Lipinski definition) is 0. The van der Waals surface area contributed by atoms with Gasteiger partial charge >= 0.3 is 0 Å². The SMILES string of the molecule is COc1ccc(-c2ccc(N3CCCN(C(=O)CN(Cc4ccco4)C(=O)c4ccccc4)CC3)nn2)c(OC)c1. The zero-order valence-electron chi connectivity index (χ0n) is 23.2. The normalized spacial score (nSPS) is 13.4. The summed E-state index contributed by atoms with van der Waals surface area (Å²) in [5, 5.41) is 8.93. The van der Waals surface area contributed by atoms with Crippen LogP contribution in [0, 0.1) is 0 Å². The first-order valence-corrected chi connectivity index (χ1v) is 13.5. The van der Waals surface area contributed by atoms with Gasteiger partial charge in [0, 0.05) is 43.4 Å². The molecule has 2 aromatic heterocycles. The van der Waals surface area contributed by atoms with Crippen LogP contribution in [0.3, 0.4) is 0 Å². The molecule has 4 aromatic rings. The quantitative estimate of drug-likeness (QED) is 0.304. The predicted octanol–water partition coefficient (Wildman–Crippen LogP) is 4.14. The molecule has 0 saturated carbocycles. The summed E-state index contributed by atoms with van der Waals surface area (Å²) in [6.45, 7) is 2.64. The third-order valence-corrected chi connectivity index (χ3v) is 7.07. The van der Waals surface area contributed by atoms with E-state index < -0.39 is 0 Å². The Balaban J connectivity index is 1.24. The van der Waals surface area contributed by atoms with E-state index >= 15 is 0 Å². The van der Waals surface area contributed by atoms with Crippen LogP contribution in [0.5, 0.6) is 11.5 Å². The third-order valence-electron chi connectivity index (χ3n) is 7.07. The summed E-state index contributed by atoms with van der Waals surface area (Å²) >= 11 is 0. The Hall–Kier alpha value is -4.86. The number of benzene rings is 2. The summed E-state index contributed by atoms with van der Waals surface area (Å²) in [7, 11) is 3.22. The maximum atomic E-state index is 13.4. The number of furan rings is 1. The summed E-state index contributed by atoms with van der Waals surface area (Å²) in [4.78, 5) is 32.2.